The topological polar surface area (TPSA) is 78.4 Å². The second-order valence-electron chi connectivity index (χ2n) is 5.35. The summed E-state index contributed by atoms with van der Waals surface area (Å²) >= 11 is 0. The van der Waals surface area contributed by atoms with Gasteiger partial charge in [0, 0.05) is 5.69 Å². The third-order valence-corrected chi connectivity index (χ3v) is 3.38. The molecular weight excluding hydrogens is 256 g/mol. The Labute approximate surface area is 119 Å². The van der Waals surface area contributed by atoms with Crippen molar-refractivity contribution in [3.63, 3.8) is 0 Å². The van der Waals surface area contributed by atoms with E-state index in [1.165, 1.54) is 6.92 Å². The van der Waals surface area contributed by atoms with Gasteiger partial charge in [-0.1, -0.05) is 32.9 Å². The Kier molecular flexibility index (Phi) is 5.13. The fraction of sp³-hybridized carbons (Fsp3) is 0.467. The van der Waals surface area contributed by atoms with Gasteiger partial charge in [0.05, 0.1) is 0 Å². The van der Waals surface area contributed by atoms with E-state index in [9.17, 15) is 9.59 Å². The minimum Gasteiger partial charge on any atom is -0.480 e. The second-order valence-corrected chi connectivity index (χ2v) is 5.35. The molecule has 0 saturated heterocycles. The summed E-state index contributed by atoms with van der Waals surface area (Å²) in [6, 6.07) is 6.99. The number of urea groups is 1. The molecule has 0 saturated carbocycles. The monoisotopic (exact) mass is 278 g/mol. The summed E-state index contributed by atoms with van der Waals surface area (Å²) in [5.41, 5.74) is 0.497. The number of hydrogen-bond acceptors (Lipinski definition) is 2. The summed E-state index contributed by atoms with van der Waals surface area (Å²) in [4.78, 5) is 23.0. The highest BCUT2D eigenvalue weighted by molar-refractivity contribution is 5.93. The molecule has 1 aromatic rings. The lowest BCUT2D eigenvalue weighted by molar-refractivity contribution is -0.143. The van der Waals surface area contributed by atoms with Gasteiger partial charge in [-0.2, -0.15) is 0 Å². The van der Waals surface area contributed by atoms with Gasteiger partial charge in [0.2, 0.25) is 0 Å². The van der Waals surface area contributed by atoms with Crippen molar-refractivity contribution in [2.75, 3.05) is 5.32 Å². The summed E-state index contributed by atoms with van der Waals surface area (Å²) in [5.74, 6) is -0.689. The first-order chi connectivity index (χ1) is 9.28. The summed E-state index contributed by atoms with van der Waals surface area (Å²) in [7, 11) is 0. The maximum Gasteiger partial charge on any atom is 0.329 e. The molecule has 0 aliphatic rings. The molecule has 20 heavy (non-hydrogen) atoms. The van der Waals surface area contributed by atoms with Gasteiger partial charge < -0.3 is 15.7 Å². The molecule has 0 aliphatic heterocycles. The first-order valence-corrected chi connectivity index (χ1v) is 6.71. The summed E-state index contributed by atoms with van der Waals surface area (Å²) in [5, 5.41) is 14.3. The zero-order chi connectivity index (χ0) is 15.3. The molecule has 110 valence electrons. The van der Waals surface area contributed by atoms with Crippen LogP contribution in [0.1, 0.15) is 45.6 Å². The van der Waals surface area contributed by atoms with Gasteiger partial charge in [0.1, 0.15) is 5.54 Å². The quantitative estimate of drug-likeness (QED) is 0.774. The van der Waals surface area contributed by atoms with Gasteiger partial charge in [-0.05, 0) is 37.0 Å². The molecule has 1 atom stereocenters. The van der Waals surface area contributed by atoms with Gasteiger partial charge >= 0.3 is 12.0 Å². The standard InChI is InChI=1S/C15H22N2O3/c1-5-15(4,13(18)19)17-14(20)16-12-8-6-7-11(9-12)10(2)3/h6-10H,5H2,1-4H3,(H,18,19)(H2,16,17,20). The van der Waals surface area contributed by atoms with Crippen molar-refractivity contribution in [1.29, 1.82) is 0 Å². The molecule has 0 radical (unpaired) electrons. The number of benzene rings is 1. The number of nitrogens with one attached hydrogen (secondary N) is 2. The lowest BCUT2D eigenvalue weighted by Gasteiger charge is -2.24. The minimum absolute atomic E-state index is 0.307. The predicted molar refractivity (Wildman–Crippen MR) is 79.0 cm³/mol. The number of aliphatic carboxylic acids is 1. The van der Waals surface area contributed by atoms with E-state index in [-0.39, 0.29) is 0 Å². The van der Waals surface area contributed by atoms with Crippen LogP contribution in [0.5, 0.6) is 0 Å². The third-order valence-electron chi connectivity index (χ3n) is 3.38. The molecule has 5 heteroatoms. The van der Waals surface area contributed by atoms with Crippen molar-refractivity contribution < 1.29 is 14.7 Å². The average Bonchev–Trinajstić information content (AvgIpc) is 2.38. The highest BCUT2D eigenvalue weighted by Crippen LogP contribution is 2.18. The van der Waals surface area contributed by atoms with Crippen molar-refractivity contribution in [2.24, 2.45) is 0 Å². The molecule has 1 aromatic carbocycles. The van der Waals surface area contributed by atoms with Crippen molar-refractivity contribution in [3.05, 3.63) is 29.8 Å². The Morgan fingerprint density at radius 3 is 2.50 bits per heavy atom. The van der Waals surface area contributed by atoms with E-state index in [1.54, 1.807) is 13.0 Å². The van der Waals surface area contributed by atoms with Gasteiger partial charge in [-0.15, -0.1) is 0 Å². The number of anilines is 1. The van der Waals surface area contributed by atoms with E-state index in [0.717, 1.165) is 5.56 Å². The van der Waals surface area contributed by atoms with Crippen LogP contribution in [-0.2, 0) is 4.79 Å². The van der Waals surface area contributed by atoms with Crippen molar-refractivity contribution in [2.45, 2.75) is 45.6 Å². The third kappa shape index (κ3) is 3.98. The Balaban J connectivity index is 2.76. The molecule has 0 bridgehead atoms. The van der Waals surface area contributed by atoms with Crippen molar-refractivity contribution in [3.8, 4) is 0 Å². The Bertz CT molecular complexity index is 500. The molecule has 1 unspecified atom stereocenters. The molecule has 0 heterocycles. The van der Waals surface area contributed by atoms with Crippen LogP contribution >= 0.6 is 0 Å². The molecule has 3 N–H and O–H groups in total. The van der Waals surface area contributed by atoms with Crippen LogP contribution in [0.15, 0.2) is 24.3 Å². The lowest BCUT2D eigenvalue weighted by Crippen LogP contribution is -2.53. The van der Waals surface area contributed by atoms with Gasteiger partial charge in [0.15, 0.2) is 0 Å². The number of amides is 2. The van der Waals surface area contributed by atoms with E-state index in [1.807, 2.05) is 18.2 Å². The highest BCUT2D eigenvalue weighted by atomic mass is 16.4. The number of carbonyl (C=O) groups excluding carboxylic acids is 1. The van der Waals surface area contributed by atoms with Crippen molar-refractivity contribution >= 4 is 17.7 Å². The number of rotatable bonds is 5. The smallest absolute Gasteiger partial charge is 0.329 e. The molecule has 1 rings (SSSR count). The zero-order valence-corrected chi connectivity index (χ0v) is 12.4. The summed E-state index contributed by atoms with van der Waals surface area (Å²) in [6.07, 6.45) is 0.307. The SMILES string of the molecule is CCC(C)(NC(=O)Nc1cccc(C(C)C)c1)C(=O)O. The number of hydrogen-bond donors (Lipinski definition) is 3. The molecule has 2 amide bonds. The van der Waals surface area contributed by atoms with Gasteiger partial charge in [-0.3, -0.25) is 0 Å². The lowest BCUT2D eigenvalue weighted by atomic mass is 10.00. The van der Waals surface area contributed by atoms with Crippen LogP contribution < -0.4 is 10.6 Å². The summed E-state index contributed by atoms with van der Waals surface area (Å²) < 4.78 is 0. The van der Waals surface area contributed by atoms with Gasteiger partial charge in [-0.25, -0.2) is 9.59 Å². The van der Waals surface area contributed by atoms with E-state index < -0.39 is 17.5 Å². The normalized spacial score (nSPS) is 13.7. The Morgan fingerprint density at radius 2 is 2.00 bits per heavy atom. The number of carboxylic acids is 1. The molecule has 0 aromatic heterocycles. The van der Waals surface area contributed by atoms with Crippen molar-refractivity contribution in [1.82, 2.24) is 5.32 Å². The van der Waals surface area contributed by atoms with E-state index in [2.05, 4.69) is 24.5 Å². The number of carbonyl (C=O) groups is 2. The predicted octanol–water partition coefficient (Wildman–Crippen LogP) is 3.18. The first-order valence-electron chi connectivity index (χ1n) is 6.71. The Hall–Kier alpha value is -2.04. The molecular formula is C15H22N2O3. The highest BCUT2D eigenvalue weighted by Gasteiger charge is 2.32. The van der Waals surface area contributed by atoms with Crippen LogP contribution in [0.3, 0.4) is 0 Å². The maximum absolute atomic E-state index is 11.9. The largest absolute Gasteiger partial charge is 0.480 e. The fourth-order valence-electron chi connectivity index (χ4n) is 1.68. The zero-order valence-electron chi connectivity index (χ0n) is 12.4. The fourth-order valence-corrected chi connectivity index (χ4v) is 1.68. The average molecular weight is 278 g/mol. The molecule has 0 aliphatic carbocycles. The molecule has 0 spiro atoms. The van der Waals surface area contributed by atoms with E-state index in [0.29, 0.717) is 18.0 Å². The second kappa shape index (κ2) is 6.41. The van der Waals surface area contributed by atoms with Crippen LogP contribution in [-0.4, -0.2) is 22.6 Å². The summed E-state index contributed by atoms with van der Waals surface area (Å²) in [6.45, 7) is 7.34. The molecule has 5 nitrogen and oxygen atoms in total. The van der Waals surface area contributed by atoms with E-state index in [4.69, 9.17) is 5.11 Å². The van der Waals surface area contributed by atoms with E-state index >= 15 is 0 Å². The minimum atomic E-state index is -1.26. The molecule has 0 fully saturated rings. The van der Waals surface area contributed by atoms with Crippen LogP contribution in [0.4, 0.5) is 10.5 Å². The maximum atomic E-state index is 11.9. The van der Waals surface area contributed by atoms with Crippen LogP contribution in [0.25, 0.3) is 0 Å². The van der Waals surface area contributed by atoms with Crippen LogP contribution in [0.2, 0.25) is 0 Å². The first kappa shape index (κ1) is 16.0. The number of carboxylic acid groups (broad SMARTS) is 1. The van der Waals surface area contributed by atoms with Gasteiger partial charge in [0.25, 0.3) is 0 Å². The van der Waals surface area contributed by atoms with Crippen LogP contribution in [0, 0.1) is 0 Å². The Morgan fingerprint density at radius 1 is 1.35 bits per heavy atom.